The Bertz CT molecular complexity index is 3380. The molecule has 0 bridgehead atoms. The van der Waals surface area contributed by atoms with E-state index in [0.29, 0.717) is 31.1 Å². The minimum absolute atomic E-state index is 0.0199. The van der Waals surface area contributed by atoms with Crippen molar-refractivity contribution in [1.82, 2.24) is 28.4 Å². The number of hydrogen-bond acceptors (Lipinski definition) is 9. The molecule has 10 rings (SSSR count). The predicted molar refractivity (Wildman–Crippen MR) is 277 cm³/mol. The van der Waals surface area contributed by atoms with E-state index in [0.717, 1.165) is 58.8 Å². The molecule has 3 unspecified atom stereocenters. The van der Waals surface area contributed by atoms with Crippen molar-refractivity contribution in [2.45, 2.75) is 106 Å². The molecule has 72 heavy (non-hydrogen) atoms. The lowest BCUT2D eigenvalue weighted by Gasteiger charge is -2.36. The number of aliphatic carboxylic acids is 1. The van der Waals surface area contributed by atoms with Crippen molar-refractivity contribution in [3.05, 3.63) is 156 Å². The van der Waals surface area contributed by atoms with Crippen LogP contribution in [0.25, 0.3) is 21.5 Å². The third kappa shape index (κ3) is 10.8. The normalized spacial score (nSPS) is 18.3. The molecule has 1 aliphatic carbocycles. The molecule has 15 nitrogen and oxygen atoms in total. The van der Waals surface area contributed by atoms with Crippen LogP contribution in [-0.2, 0) is 62.1 Å². The molecule has 4 heterocycles. The van der Waals surface area contributed by atoms with Gasteiger partial charge in [-0.25, -0.2) is 16.8 Å². The summed E-state index contributed by atoms with van der Waals surface area (Å²) in [5, 5.41) is 19.5. The zero-order valence-corrected chi connectivity index (χ0v) is 42.9. The fourth-order valence-corrected chi connectivity index (χ4v) is 13.4. The highest BCUT2D eigenvalue weighted by Crippen LogP contribution is 2.37. The van der Waals surface area contributed by atoms with Crippen LogP contribution in [0.2, 0.25) is 0 Å². The summed E-state index contributed by atoms with van der Waals surface area (Å²) in [6.45, 7) is 8.87. The van der Waals surface area contributed by atoms with Crippen LogP contribution in [0.3, 0.4) is 0 Å². The van der Waals surface area contributed by atoms with E-state index in [2.05, 4.69) is 54.2 Å². The van der Waals surface area contributed by atoms with E-state index in [1.54, 1.807) is 56.7 Å². The summed E-state index contributed by atoms with van der Waals surface area (Å²) in [6.07, 6.45) is 6.13. The molecule has 0 saturated heterocycles. The maximum absolute atomic E-state index is 14.1. The molecule has 3 N–H and O–H groups in total. The van der Waals surface area contributed by atoms with E-state index in [9.17, 15) is 31.5 Å². The smallest absolute Gasteiger partial charge is 0.305 e. The van der Waals surface area contributed by atoms with Crippen molar-refractivity contribution in [2.75, 3.05) is 27.3 Å². The van der Waals surface area contributed by atoms with Gasteiger partial charge in [0.1, 0.15) is 11.5 Å². The third-order valence-electron chi connectivity index (χ3n) is 13.9. The van der Waals surface area contributed by atoms with E-state index >= 15 is 0 Å². The lowest BCUT2D eigenvalue weighted by atomic mass is 9.87. The van der Waals surface area contributed by atoms with E-state index < -0.39 is 38.1 Å². The molecule has 0 spiro atoms. The number of rotatable bonds is 13. The van der Waals surface area contributed by atoms with Crippen LogP contribution in [-0.4, -0.2) is 90.5 Å². The van der Waals surface area contributed by atoms with Crippen LogP contribution in [0.1, 0.15) is 80.2 Å². The number of methoxy groups -OCH3 is 2. The SMILES string of the molecule is COc1ccc2cc(S(=O)(=O)N3CCn4cccc4C3CC(=O)NC3CCc4cc(CNC(C)(C)C)ccc4C3)ccc2c1.COc1ccc2cc(S(=O)(=O)N3CCn4cccc4C3CC(=O)O)ccc2c1. The second kappa shape index (κ2) is 20.5. The highest BCUT2D eigenvalue weighted by Gasteiger charge is 2.40. The highest BCUT2D eigenvalue weighted by atomic mass is 32.2. The van der Waals surface area contributed by atoms with Gasteiger partial charge in [-0.1, -0.05) is 42.5 Å². The number of hydrogen-bond donors (Lipinski definition) is 3. The molecule has 0 saturated carbocycles. The van der Waals surface area contributed by atoms with Gasteiger partial charge in [0.2, 0.25) is 26.0 Å². The Morgan fingerprint density at radius 1 is 0.639 bits per heavy atom. The van der Waals surface area contributed by atoms with Crippen LogP contribution in [0.15, 0.2) is 137 Å². The minimum Gasteiger partial charge on any atom is -0.497 e. The molecule has 1 amide bonds. The first-order valence-electron chi connectivity index (χ1n) is 24.3. The Labute approximate surface area is 421 Å². The number of carboxylic acids is 1. The molecule has 3 atom stereocenters. The number of benzene rings is 5. The molecule has 0 radical (unpaired) electrons. The van der Waals surface area contributed by atoms with E-state index in [-0.39, 0.29) is 46.7 Å². The number of nitrogens with one attached hydrogen (secondary N) is 2. The molecule has 2 aliphatic heterocycles. The van der Waals surface area contributed by atoms with Crippen LogP contribution < -0.4 is 20.1 Å². The van der Waals surface area contributed by atoms with Gasteiger partial charge in [-0.15, -0.1) is 0 Å². The first-order chi connectivity index (χ1) is 34.4. The topological polar surface area (TPSA) is 182 Å². The number of ether oxygens (including phenoxy) is 2. The van der Waals surface area contributed by atoms with Gasteiger partial charge in [-0.3, -0.25) is 9.59 Å². The molecule has 3 aliphatic rings. The number of sulfonamides is 2. The predicted octanol–water partition coefficient (Wildman–Crippen LogP) is 8.22. The third-order valence-corrected chi connectivity index (χ3v) is 17.7. The van der Waals surface area contributed by atoms with Gasteiger partial charge in [-0.05, 0) is 151 Å². The Morgan fingerprint density at radius 2 is 1.15 bits per heavy atom. The maximum atomic E-state index is 14.1. The van der Waals surface area contributed by atoms with Crippen molar-refractivity contribution < 1.29 is 41.0 Å². The van der Waals surface area contributed by atoms with Gasteiger partial charge in [-0.2, -0.15) is 8.61 Å². The molecular formula is C55H62N6O9S2. The quantitative estimate of drug-likeness (QED) is 0.102. The number of carboxylic acid groups (broad SMARTS) is 1. The maximum Gasteiger partial charge on any atom is 0.305 e. The van der Waals surface area contributed by atoms with Crippen molar-refractivity contribution in [2.24, 2.45) is 0 Å². The first kappa shape index (κ1) is 50.4. The summed E-state index contributed by atoms with van der Waals surface area (Å²) in [7, 11) is -4.54. The second-order valence-electron chi connectivity index (χ2n) is 19.8. The largest absolute Gasteiger partial charge is 0.497 e. The lowest BCUT2D eigenvalue weighted by Crippen LogP contribution is -2.45. The first-order valence-corrected chi connectivity index (χ1v) is 27.1. The second-order valence-corrected chi connectivity index (χ2v) is 23.6. The lowest BCUT2D eigenvalue weighted by molar-refractivity contribution is -0.138. The van der Waals surface area contributed by atoms with Gasteiger partial charge in [0.05, 0.1) is 42.5 Å². The number of amides is 1. The van der Waals surface area contributed by atoms with Gasteiger partial charge >= 0.3 is 5.97 Å². The van der Waals surface area contributed by atoms with Crippen molar-refractivity contribution >= 4 is 53.5 Å². The highest BCUT2D eigenvalue weighted by molar-refractivity contribution is 7.89. The summed E-state index contributed by atoms with van der Waals surface area (Å²) in [6, 6.07) is 33.9. The van der Waals surface area contributed by atoms with Crippen molar-refractivity contribution in [1.29, 1.82) is 0 Å². The number of fused-ring (bicyclic) bond motifs is 5. The number of aryl methyl sites for hydroxylation is 1. The molecule has 0 fully saturated rings. The summed E-state index contributed by atoms with van der Waals surface area (Å²) >= 11 is 0. The Balaban J connectivity index is 0.000000196. The van der Waals surface area contributed by atoms with E-state index in [4.69, 9.17) is 9.47 Å². The van der Waals surface area contributed by atoms with E-state index in [1.807, 2.05) is 71.6 Å². The Kier molecular flexibility index (Phi) is 14.4. The van der Waals surface area contributed by atoms with Gasteiger partial charge in [0.15, 0.2) is 0 Å². The Hall–Kier alpha value is -6.50. The molecule has 7 aromatic rings. The van der Waals surface area contributed by atoms with Crippen LogP contribution in [0.4, 0.5) is 0 Å². The number of carbonyl (C=O) groups excluding carboxylic acids is 1. The summed E-state index contributed by atoms with van der Waals surface area (Å²) < 4.78 is 72.2. The molecule has 17 heteroatoms. The number of nitrogens with zero attached hydrogens (tertiary/aromatic N) is 4. The molecule has 378 valence electrons. The van der Waals surface area contributed by atoms with Crippen LogP contribution >= 0.6 is 0 Å². The Morgan fingerprint density at radius 3 is 1.67 bits per heavy atom. The zero-order valence-electron chi connectivity index (χ0n) is 41.2. The average molecular weight is 1020 g/mol. The molecule has 5 aromatic carbocycles. The monoisotopic (exact) mass is 1010 g/mol. The van der Waals surface area contributed by atoms with Crippen molar-refractivity contribution in [3.8, 4) is 11.5 Å². The zero-order chi connectivity index (χ0) is 51.0. The number of carbonyl (C=O) groups is 2. The summed E-state index contributed by atoms with van der Waals surface area (Å²) in [5.41, 5.74) is 5.48. The van der Waals surface area contributed by atoms with E-state index in [1.165, 1.54) is 25.3 Å². The van der Waals surface area contributed by atoms with Crippen LogP contribution in [0.5, 0.6) is 11.5 Å². The average Bonchev–Trinajstić information content (AvgIpc) is 4.06. The summed E-state index contributed by atoms with van der Waals surface area (Å²) in [4.78, 5) is 25.3. The minimum atomic E-state index is -3.87. The molecule has 2 aromatic heterocycles. The van der Waals surface area contributed by atoms with Gasteiger partial charge in [0, 0.05) is 74.5 Å². The molecular weight excluding hydrogens is 953 g/mol. The van der Waals surface area contributed by atoms with Crippen molar-refractivity contribution in [3.63, 3.8) is 0 Å². The fraction of sp³-hybridized carbons (Fsp3) is 0.345. The van der Waals surface area contributed by atoms with Gasteiger partial charge in [0.25, 0.3) is 0 Å². The summed E-state index contributed by atoms with van der Waals surface area (Å²) in [5.74, 6) is 0.248. The number of aromatic nitrogens is 2. The van der Waals surface area contributed by atoms with Crippen LogP contribution in [0, 0.1) is 0 Å². The van der Waals surface area contributed by atoms with Gasteiger partial charge < -0.3 is 34.3 Å². The fourth-order valence-electron chi connectivity index (χ4n) is 10.2. The standard InChI is InChI=1S/C35H42N4O4S.C20H20N2O5S/c1-35(2,3)36-23-24-7-8-26-19-29(12-9-25(26)18-24)37-34(40)22-33-32-6-5-15-38(32)16-17-39(33)44(41,42)31-14-11-27-20-30(43-4)13-10-28(27)21-31;1-27-16-6-4-15-12-17(7-5-14(15)11-16)28(25,26)22-10-9-21-8-2-3-18(21)19(22)13-20(23)24/h5-8,10-11,13-15,18,20-21,29,33,36H,9,12,16-17,19,22-23H2,1-4H3,(H,37,40);2-8,11-12,19H,9-10,13H2,1H3,(H,23,24).